The summed E-state index contributed by atoms with van der Waals surface area (Å²) in [5, 5.41) is 0. The van der Waals surface area contributed by atoms with E-state index in [1.165, 1.54) is 37.8 Å². The lowest BCUT2D eigenvalue weighted by Gasteiger charge is -2.30. The molecule has 0 atom stereocenters. The summed E-state index contributed by atoms with van der Waals surface area (Å²) in [6.07, 6.45) is 6.66. The number of rotatable bonds is 7. The van der Waals surface area contributed by atoms with Gasteiger partial charge in [0.1, 0.15) is 11.5 Å². The van der Waals surface area contributed by atoms with Crippen molar-refractivity contribution in [2.75, 3.05) is 13.1 Å². The zero-order valence-electron chi connectivity index (χ0n) is 13.0. The van der Waals surface area contributed by atoms with Gasteiger partial charge in [-0.05, 0) is 30.9 Å². The van der Waals surface area contributed by atoms with Gasteiger partial charge in [-0.2, -0.15) is 0 Å². The minimum absolute atomic E-state index is 0.00162. The molecule has 1 saturated carbocycles. The van der Waals surface area contributed by atoms with Gasteiger partial charge in [0.25, 0.3) is 0 Å². The molecule has 0 spiro atoms. The second-order valence-electron chi connectivity index (χ2n) is 6.36. The SMILES string of the molecule is CC(C)CN(CCC(=O)c1ccc(F)cn1)C1CCCC1. The topological polar surface area (TPSA) is 33.2 Å². The first-order chi connectivity index (χ1) is 10.1. The lowest BCUT2D eigenvalue weighted by atomic mass is 10.1. The number of nitrogens with zero attached hydrogens (tertiary/aromatic N) is 2. The minimum Gasteiger partial charge on any atom is -0.300 e. The minimum atomic E-state index is -0.404. The van der Waals surface area contributed by atoms with E-state index in [0.29, 0.717) is 24.1 Å². The average molecular weight is 292 g/mol. The molecule has 0 amide bonds. The van der Waals surface area contributed by atoms with E-state index >= 15 is 0 Å². The highest BCUT2D eigenvalue weighted by atomic mass is 19.1. The quantitative estimate of drug-likeness (QED) is 0.719. The summed E-state index contributed by atoms with van der Waals surface area (Å²) in [6.45, 7) is 6.24. The Balaban J connectivity index is 1.90. The van der Waals surface area contributed by atoms with Gasteiger partial charge in [0, 0.05) is 25.6 Å². The number of Topliss-reactive ketones (excluding diaryl/α,β-unsaturated/α-hetero) is 1. The van der Waals surface area contributed by atoms with Crippen LogP contribution in [0.25, 0.3) is 0 Å². The molecule has 0 N–H and O–H groups in total. The molecule has 1 fully saturated rings. The predicted molar refractivity (Wildman–Crippen MR) is 81.8 cm³/mol. The third-order valence-corrected chi connectivity index (χ3v) is 4.08. The molecule has 0 aliphatic heterocycles. The Kier molecular flexibility index (Phi) is 5.85. The molecule has 1 aliphatic rings. The van der Waals surface area contributed by atoms with Crippen LogP contribution >= 0.6 is 0 Å². The predicted octanol–water partition coefficient (Wildman–Crippen LogP) is 3.69. The van der Waals surface area contributed by atoms with Gasteiger partial charge in [0.2, 0.25) is 0 Å². The number of hydrogen-bond acceptors (Lipinski definition) is 3. The standard InChI is InChI=1S/C17H25FN2O/c1-13(2)12-20(15-5-3-4-6-15)10-9-17(21)16-8-7-14(18)11-19-16/h7-8,11,13,15H,3-6,9-10,12H2,1-2H3. The van der Waals surface area contributed by atoms with Gasteiger partial charge < -0.3 is 0 Å². The van der Waals surface area contributed by atoms with Gasteiger partial charge in [-0.15, -0.1) is 0 Å². The maximum Gasteiger partial charge on any atom is 0.182 e. The zero-order valence-corrected chi connectivity index (χ0v) is 13.0. The van der Waals surface area contributed by atoms with E-state index in [0.717, 1.165) is 19.3 Å². The Morgan fingerprint density at radius 1 is 1.38 bits per heavy atom. The van der Waals surface area contributed by atoms with E-state index in [1.54, 1.807) is 0 Å². The van der Waals surface area contributed by atoms with Crippen LogP contribution in [0.2, 0.25) is 0 Å². The molecule has 1 aromatic heterocycles. The molecule has 1 aromatic rings. The Bertz CT molecular complexity index is 452. The third-order valence-electron chi connectivity index (χ3n) is 4.08. The third kappa shape index (κ3) is 4.88. The Morgan fingerprint density at radius 2 is 2.10 bits per heavy atom. The second kappa shape index (κ2) is 7.64. The summed E-state index contributed by atoms with van der Waals surface area (Å²) in [5.41, 5.74) is 0.368. The van der Waals surface area contributed by atoms with Crippen molar-refractivity contribution in [3.05, 3.63) is 29.8 Å². The molecule has 0 unspecified atom stereocenters. The molecule has 0 radical (unpaired) electrons. The fourth-order valence-corrected chi connectivity index (χ4v) is 3.08. The van der Waals surface area contributed by atoms with E-state index in [-0.39, 0.29) is 5.78 Å². The number of ketones is 1. The molecular formula is C17H25FN2O. The van der Waals surface area contributed by atoms with Crippen LogP contribution in [0.4, 0.5) is 4.39 Å². The number of pyridine rings is 1. The average Bonchev–Trinajstić information content (AvgIpc) is 2.97. The van der Waals surface area contributed by atoms with Crippen molar-refractivity contribution >= 4 is 5.78 Å². The molecule has 21 heavy (non-hydrogen) atoms. The largest absolute Gasteiger partial charge is 0.300 e. The van der Waals surface area contributed by atoms with Crippen LogP contribution in [0, 0.1) is 11.7 Å². The molecule has 0 aromatic carbocycles. The highest BCUT2D eigenvalue weighted by molar-refractivity contribution is 5.94. The molecule has 1 heterocycles. The first kappa shape index (κ1) is 16.1. The molecule has 3 nitrogen and oxygen atoms in total. The van der Waals surface area contributed by atoms with Gasteiger partial charge in [0.15, 0.2) is 5.78 Å². The van der Waals surface area contributed by atoms with Crippen molar-refractivity contribution in [3.63, 3.8) is 0 Å². The number of halogens is 1. The summed E-state index contributed by atoms with van der Waals surface area (Å²) in [5.74, 6) is 0.199. The molecule has 4 heteroatoms. The molecule has 0 bridgehead atoms. The molecule has 1 aliphatic carbocycles. The summed E-state index contributed by atoms with van der Waals surface area (Å²) in [6, 6.07) is 3.39. The van der Waals surface area contributed by atoms with Crippen molar-refractivity contribution in [1.82, 2.24) is 9.88 Å². The number of aromatic nitrogens is 1. The van der Waals surface area contributed by atoms with E-state index in [1.807, 2.05) is 0 Å². The normalized spacial score (nSPS) is 16.0. The summed E-state index contributed by atoms with van der Waals surface area (Å²) in [4.78, 5) is 18.5. The van der Waals surface area contributed by atoms with Crippen LogP contribution in [0.3, 0.4) is 0 Å². The van der Waals surface area contributed by atoms with Gasteiger partial charge >= 0.3 is 0 Å². The van der Waals surface area contributed by atoms with Crippen molar-refractivity contribution in [2.24, 2.45) is 5.92 Å². The molecule has 0 saturated heterocycles. The fourth-order valence-electron chi connectivity index (χ4n) is 3.08. The van der Waals surface area contributed by atoms with Crippen LogP contribution in [-0.4, -0.2) is 34.8 Å². The van der Waals surface area contributed by atoms with Crippen molar-refractivity contribution < 1.29 is 9.18 Å². The molecular weight excluding hydrogens is 267 g/mol. The maximum atomic E-state index is 12.8. The van der Waals surface area contributed by atoms with Gasteiger partial charge in [0.05, 0.1) is 6.20 Å². The zero-order chi connectivity index (χ0) is 15.2. The van der Waals surface area contributed by atoms with Crippen LogP contribution in [-0.2, 0) is 0 Å². The maximum absolute atomic E-state index is 12.8. The highest BCUT2D eigenvalue weighted by Crippen LogP contribution is 2.24. The van der Waals surface area contributed by atoms with Crippen LogP contribution in [0.1, 0.15) is 56.4 Å². The number of hydrogen-bond donors (Lipinski definition) is 0. The lowest BCUT2D eigenvalue weighted by molar-refractivity contribution is 0.0937. The van der Waals surface area contributed by atoms with E-state index in [4.69, 9.17) is 0 Å². The van der Waals surface area contributed by atoms with Crippen LogP contribution in [0.15, 0.2) is 18.3 Å². The summed E-state index contributed by atoms with van der Waals surface area (Å²) >= 11 is 0. The molecule has 116 valence electrons. The van der Waals surface area contributed by atoms with E-state index in [2.05, 4.69) is 23.7 Å². The van der Waals surface area contributed by atoms with E-state index in [9.17, 15) is 9.18 Å². The van der Waals surface area contributed by atoms with E-state index < -0.39 is 5.82 Å². The monoisotopic (exact) mass is 292 g/mol. The van der Waals surface area contributed by atoms with Gasteiger partial charge in [-0.1, -0.05) is 26.7 Å². The number of carbonyl (C=O) groups is 1. The fraction of sp³-hybridized carbons (Fsp3) is 0.647. The summed E-state index contributed by atoms with van der Waals surface area (Å²) in [7, 11) is 0. The van der Waals surface area contributed by atoms with Crippen molar-refractivity contribution in [2.45, 2.75) is 52.0 Å². The second-order valence-corrected chi connectivity index (χ2v) is 6.36. The van der Waals surface area contributed by atoms with Crippen LogP contribution in [0.5, 0.6) is 0 Å². The van der Waals surface area contributed by atoms with Crippen LogP contribution < -0.4 is 0 Å². The summed E-state index contributed by atoms with van der Waals surface area (Å²) < 4.78 is 12.8. The van der Waals surface area contributed by atoms with Gasteiger partial charge in [-0.25, -0.2) is 4.39 Å². The number of carbonyl (C=O) groups excluding carboxylic acids is 1. The van der Waals surface area contributed by atoms with Gasteiger partial charge in [-0.3, -0.25) is 14.7 Å². The smallest absolute Gasteiger partial charge is 0.182 e. The lowest BCUT2D eigenvalue weighted by Crippen LogP contribution is -2.37. The first-order valence-corrected chi connectivity index (χ1v) is 7.95. The highest BCUT2D eigenvalue weighted by Gasteiger charge is 2.23. The molecule has 2 rings (SSSR count). The Hall–Kier alpha value is -1.29. The Morgan fingerprint density at radius 3 is 2.67 bits per heavy atom. The Labute approximate surface area is 126 Å². The van der Waals surface area contributed by atoms with Crippen molar-refractivity contribution in [1.29, 1.82) is 0 Å². The van der Waals surface area contributed by atoms with Crippen molar-refractivity contribution in [3.8, 4) is 0 Å². The first-order valence-electron chi connectivity index (χ1n) is 7.95.